The van der Waals surface area contributed by atoms with Crippen molar-refractivity contribution in [1.29, 1.82) is 0 Å². The molecule has 3 rings (SSSR count). The highest BCUT2D eigenvalue weighted by Gasteiger charge is 2.21. The maximum atomic E-state index is 13.6. The van der Waals surface area contributed by atoms with E-state index in [0.717, 1.165) is 44.5 Å². The zero-order chi connectivity index (χ0) is 19.8. The number of nitrogens with one attached hydrogen (secondary N) is 1. The molecule has 1 fully saturated rings. The number of amides is 1. The number of hydrogen-bond donors (Lipinski definition) is 1. The molecular weight excluding hydrogens is 357 g/mol. The molecule has 0 radical (unpaired) electrons. The molecule has 1 aliphatic heterocycles. The van der Waals surface area contributed by atoms with Gasteiger partial charge in [-0.05, 0) is 43.9 Å². The number of pyridine rings is 1. The van der Waals surface area contributed by atoms with Crippen molar-refractivity contribution in [3.05, 3.63) is 59.5 Å². The van der Waals surface area contributed by atoms with Crippen LogP contribution in [0.25, 0.3) is 0 Å². The average molecular weight is 385 g/mol. The Morgan fingerprint density at radius 3 is 2.93 bits per heavy atom. The van der Waals surface area contributed by atoms with Gasteiger partial charge in [-0.25, -0.2) is 9.37 Å². The summed E-state index contributed by atoms with van der Waals surface area (Å²) >= 11 is 0. The van der Waals surface area contributed by atoms with Crippen molar-refractivity contribution in [2.24, 2.45) is 5.92 Å². The van der Waals surface area contributed by atoms with Gasteiger partial charge in [0.05, 0.1) is 7.11 Å². The van der Waals surface area contributed by atoms with Gasteiger partial charge in [0.25, 0.3) is 0 Å². The van der Waals surface area contributed by atoms with E-state index in [0.29, 0.717) is 23.8 Å². The van der Waals surface area contributed by atoms with E-state index in [1.54, 1.807) is 31.5 Å². The first-order valence-electron chi connectivity index (χ1n) is 9.86. The Morgan fingerprint density at radius 1 is 1.29 bits per heavy atom. The number of rotatable bonds is 8. The second-order valence-corrected chi connectivity index (χ2v) is 7.32. The summed E-state index contributed by atoms with van der Waals surface area (Å²) in [6, 6.07) is 10.5. The third-order valence-corrected chi connectivity index (χ3v) is 5.25. The number of aromatic nitrogens is 1. The van der Waals surface area contributed by atoms with Crippen molar-refractivity contribution in [1.82, 2.24) is 15.2 Å². The topological polar surface area (TPSA) is 54.5 Å². The van der Waals surface area contributed by atoms with Gasteiger partial charge in [-0.1, -0.05) is 24.3 Å². The van der Waals surface area contributed by atoms with Gasteiger partial charge in [0.15, 0.2) is 0 Å². The van der Waals surface area contributed by atoms with Gasteiger partial charge < -0.3 is 10.1 Å². The van der Waals surface area contributed by atoms with Crippen LogP contribution >= 0.6 is 0 Å². The Bertz CT molecular complexity index is 784. The first-order valence-corrected chi connectivity index (χ1v) is 9.86. The Hall–Kier alpha value is -2.47. The van der Waals surface area contributed by atoms with Crippen molar-refractivity contribution < 1.29 is 13.9 Å². The number of piperidine rings is 1. The summed E-state index contributed by atoms with van der Waals surface area (Å²) in [5.41, 5.74) is 1.61. The molecule has 0 aliphatic carbocycles. The summed E-state index contributed by atoms with van der Waals surface area (Å²) < 4.78 is 19.0. The highest BCUT2D eigenvalue weighted by molar-refractivity contribution is 5.75. The molecule has 5 nitrogen and oxygen atoms in total. The van der Waals surface area contributed by atoms with E-state index in [-0.39, 0.29) is 18.3 Å². The molecule has 0 bridgehead atoms. The average Bonchev–Trinajstić information content (AvgIpc) is 2.72. The molecule has 1 unspecified atom stereocenters. The van der Waals surface area contributed by atoms with Crippen LogP contribution in [-0.2, 0) is 17.9 Å². The predicted molar refractivity (Wildman–Crippen MR) is 106 cm³/mol. The van der Waals surface area contributed by atoms with E-state index in [1.807, 2.05) is 12.1 Å². The number of methoxy groups -OCH3 is 1. The fourth-order valence-electron chi connectivity index (χ4n) is 3.76. The summed E-state index contributed by atoms with van der Waals surface area (Å²) in [5, 5.41) is 2.83. The molecule has 1 aromatic heterocycles. The summed E-state index contributed by atoms with van der Waals surface area (Å²) in [6.07, 6.45) is 5.33. The van der Waals surface area contributed by atoms with Crippen LogP contribution in [0.15, 0.2) is 42.6 Å². The first kappa shape index (κ1) is 20.3. The SMILES string of the molecule is COc1ncccc1CN1CCCC(CCC(=O)NCc2ccccc2F)C1. The molecule has 0 saturated carbocycles. The van der Waals surface area contributed by atoms with Gasteiger partial charge in [-0.15, -0.1) is 0 Å². The summed E-state index contributed by atoms with van der Waals surface area (Å²) in [6.45, 7) is 3.07. The second kappa shape index (κ2) is 10.2. The van der Waals surface area contributed by atoms with Crippen LogP contribution in [0.5, 0.6) is 5.88 Å². The molecule has 28 heavy (non-hydrogen) atoms. The third kappa shape index (κ3) is 5.76. The summed E-state index contributed by atoms with van der Waals surface area (Å²) in [5.74, 6) is 0.874. The fourth-order valence-corrected chi connectivity index (χ4v) is 3.76. The minimum absolute atomic E-state index is 0.0192. The van der Waals surface area contributed by atoms with E-state index in [2.05, 4.69) is 15.2 Å². The Morgan fingerprint density at radius 2 is 2.11 bits per heavy atom. The molecule has 2 aromatic rings. The minimum Gasteiger partial charge on any atom is -0.481 e. The predicted octanol–water partition coefficient (Wildman–Crippen LogP) is 3.54. The molecule has 150 valence electrons. The Labute approximate surface area is 165 Å². The zero-order valence-electron chi connectivity index (χ0n) is 16.4. The Kier molecular flexibility index (Phi) is 7.37. The number of ether oxygens (including phenoxy) is 1. The number of nitrogens with zero attached hydrogens (tertiary/aromatic N) is 2. The lowest BCUT2D eigenvalue weighted by Gasteiger charge is -2.32. The van der Waals surface area contributed by atoms with Crippen molar-refractivity contribution in [3.63, 3.8) is 0 Å². The number of carbonyl (C=O) groups excluding carboxylic acids is 1. The van der Waals surface area contributed by atoms with Gasteiger partial charge in [-0.3, -0.25) is 9.69 Å². The smallest absolute Gasteiger partial charge is 0.220 e. The zero-order valence-corrected chi connectivity index (χ0v) is 16.4. The number of benzene rings is 1. The molecule has 0 spiro atoms. The maximum absolute atomic E-state index is 13.6. The highest BCUT2D eigenvalue weighted by Crippen LogP contribution is 2.24. The maximum Gasteiger partial charge on any atom is 0.220 e. The highest BCUT2D eigenvalue weighted by atomic mass is 19.1. The van der Waals surface area contributed by atoms with E-state index in [9.17, 15) is 9.18 Å². The van der Waals surface area contributed by atoms with Crippen LogP contribution in [-0.4, -0.2) is 36.0 Å². The molecule has 1 saturated heterocycles. The number of likely N-dealkylation sites (tertiary alicyclic amines) is 1. The van der Waals surface area contributed by atoms with Gasteiger partial charge >= 0.3 is 0 Å². The third-order valence-electron chi connectivity index (χ3n) is 5.25. The van der Waals surface area contributed by atoms with Gasteiger partial charge in [0.2, 0.25) is 11.8 Å². The van der Waals surface area contributed by atoms with Gasteiger partial charge in [0, 0.05) is 43.4 Å². The molecular formula is C22H28FN3O2. The van der Waals surface area contributed by atoms with E-state index >= 15 is 0 Å². The molecule has 6 heteroatoms. The van der Waals surface area contributed by atoms with Crippen LogP contribution in [0, 0.1) is 11.7 Å². The lowest BCUT2D eigenvalue weighted by molar-refractivity contribution is -0.121. The van der Waals surface area contributed by atoms with E-state index in [4.69, 9.17) is 4.74 Å². The van der Waals surface area contributed by atoms with Crippen molar-refractivity contribution in [2.75, 3.05) is 20.2 Å². The number of hydrogen-bond acceptors (Lipinski definition) is 4. The lowest BCUT2D eigenvalue weighted by Crippen LogP contribution is -2.35. The normalized spacial score (nSPS) is 17.3. The quantitative estimate of drug-likeness (QED) is 0.755. The number of halogens is 1. The largest absolute Gasteiger partial charge is 0.481 e. The summed E-state index contributed by atoms with van der Waals surface area (Å²) in [7, 11) is 1.64. The van der Waals surface area contributed by atoms with Crippen LogP contribution in [0.2, 0.25) is 0 Å². The Balaban J connectivity index is 1.43. The van der Waals surface area contributed by atoms with E-state index < -0.39 is 0 Å². The summed E-state index contributed by atoms with van der Waals surface area (Å²) in [4.78, 5) is 18.8. The van der Waals surface area contributed by atoms with Crippen LogP contribution in [0.3, 0.4) is 0 Å². The van der Waals surface area contributed by atoms with Crippen LogP contribution in [0.1, 0.15) is 36.8 Å². The molecule has 1 atom stereocenters. The monoisotopic (exact) mass is 385 g/mol. The molecule has 1 amide bonds. The fraction of sp³-hybridized carbons (Fsp3) is 0.455. The van der Waals surface area contributed by atoms with Crippen molar-refractivity contribution >= 4 is 5.91 Å². The van der Waals surface area contributed by atoms with Crippen molar-refractivity contribution in [3.8, 4) is 5.88 Å². The minimum atomic E-state index is -0.281. The lowest BCUT2D eigenvalue weighted by atomic mass is 9.93. The first-order chi connectivity index (χ1) is 13.7. The molecule has 1 N–H and O–H groups in total. The van der Waals surface area contributed by atoms with E-state index in [1.165, 1.54) is 6.07 Å². The molecule has 2 heterocycles. The van der Waals surface area contributed by atoms with Gasteiger partial charge in [-0.2, -0.15) is 0 Å². The number of carbonyl (C=O) groups is 1. The van der Waals surface area contributed by atoms with Gasteiger partial charge in [0.1, 0.15) is 5.82 Å². The van der Waals surface area contributed by atoms with Crippen molar-refractivity contribution in [2.45, 2.75) is 38.8 Å². The standard InChI is InChI=1S/C22H28FN3O2/c1-28-22-19(8-4-12-24-22)16-26-13-5-6-17(15-26)10-11-21(27)25-14-18-7-2-3-9-20(18)23/h2-4,7-9,12,17H,5-6,10-11,13-16H2,1H3,(H,25,27). The second-order valence-electron chi connectivity index (χ2n) is 7.32. The molecule has 1 aliphatic rings. The van der Waals surface area contributed by atoms with Crippen LogP contribution < -0.4 is 10.1 Å². The molecule has 1 aromatic carbocycles. The van der Waals surface area contributed by atoms with Crippen LogP contribution in [0.4, 0.5) is 4.39 Å².